The Kier molecular flexibility index (Phi) is 7.20. The number of halogens is 3. The summed E-state index contributed by atoms with van der Waals surface area (Å²) in [5.74, 6) is 0. The van der Waals surface area contributed by atoms with Gasteiger partial charge in [-0.3, -0.25) is 0 Å². The Balaban J connectivity index is 0.00000256. The first-order chi connectivity index (χ1) is 7.36. The van der Waals surface area contributed by atoms with Crippen molar-refractivity contribution in [3.8, 4) is 0 Å². The molecule has 3 N–H and O–H groups in total. The summed E-state index contributed by atoms with van der Waals surface area (Å²) < 4.78 is 27.7. The van der Waals surface area contributed by atoms with Gasteiger partial charge < -0.3 is 5.73 Å². The molecule has 1 aromatic carbocycles. The molecule has 0 radical (unpaired) electrons. The maximum Gasteiger partial charge on any atom is 0.241 e. The molecule has 1 rings (SSSR count). The molecule has 0 saturated heterocycles. The molecule has 98 valence electrons. The first-order valence-electron chi connectivity index (χ1n) is 4.54. The number of hydrogen-bond acceptors (Lipinski definition) is 3. The molecule has 0 amide bonds. The second-order valence-corrected chi connectivity index (χ2v) is 6.79. The Bertz CT molecular complexity index is 482. The number of hydrogen-bond donors (Lipinski definition) is 2. The fourth-order valence-corrected chi connectivity index (χ4v) is 4.07. The fraction of sp³-hybridized carbons (Fsp3) is 0.333. The second kappa shape index (κ2) is 7.06. The number of sulfonamides is 1. The zero-order valence-electron chi connectivity index (χ0n) is 8.98. The predicted octanol–water partition coefficient (Wildman–Crippen LogP) is 2.26. The SMILES string of the molecule is C[C@@H](CN)NS(=O)(=O)c1ccc(Br)cc1Br.Cl. The minimum Gasteiger partial charge on any atom is -0.329 e. The number of nitrogens with one attached hydrogen (secondary N) is 1. The monoisotopic (exact) mass is 406 g/mol. The van der Waals surface area contributed by atoms with Crippen LogP contribution < -0.4 is 10.5 Å². The van der Waals surface area contributed by atoms with Crippen LogP contribution in [0.2, 0.25) is 0 Å². The lowest BCUT2D eigenvalue weighted by atomic mass is 10.4. The van der Waals surface area contributed by atoms with E-state index in [4.69, 9.17) is 5.73 Å². The lowest BCUT2D eigenvalue weighted by Gasteiger charge is -2.13. The van der Waals surface area contributed by atoms with E-state index in [-0.39, 0.29) is 29.9 Å². The summed E-state index contributed by atoms with van der Waals surface area (Å²) in [5.41, 5.74) is 5.37. The average Bonchev–Trinajstić information content (AvgIpc) is 2.16. The topological polar surface area (TPSA) is 72.2 Å². The highest BCUT2D eigenvalue weighted by molar-refractivity contribution is 9.11. The smallest absolute Gasteiger partial charge is 0.241 e. The van der Waals surface area contributed by atoms with E-state index in [1.165, 1.54) is 6.07 Å². The molecule has 1 aromatic rings. The first kappa shape index (κ1) is 17.3. The Morgan fingerprint density at radius 3 is 2.47 bits per heavy atom. The van der Waals surface area contributed by atoms with E-state index in [9.17, 15) is 8.42 Å². The summed E-state index contributed by atoms with van der Waals surface area (Å²) in [6, 6.07) is 4.59. The van der Waals surface area contributed by atoms with E-state index in [0.717, 1.165) is 4.47 Å². The summed E-state index contributed by atoms with van der Waals surface area (Å²) in [4.78, 5) is 0.205. The molecule has 8 heteroatoms. The standard InChI is InChI=1S/C9H12Br2N2O2S.ClH/c1-6(5-12)13-16(14,15)9-3-2-7(10)4-8(9)11;/h2-4,6,13H,5,12H2,1H3;1H/t6-;/m0./s1. The van der Waals surface area contributed by atoms with Crippen LogP contribution >= 0.6 is 44.3 Å². The van der Waals surface area contributed by atoms with Crippen molar-refractivity contribution in [2.75, 3.05) is 6.54 Å². The van der Waals surface area contributed by atoms with Crippen LogP contribution in [-0.4, -0.2) is 21.0 Å². The van der Waals surface area contributed by atoms with Gasteiger partial charge in [0, 0.05) is 21.5 Å². The molecule has 0 unspecified atom stereocenters. The maximum absolute atomic E-state index is 11.9. The fourth-order valence-electron chi connectivity index (χ4n) is 1.07. The molecule has 0 aliphatic heterocycles. The molecule has 0 bridgehead atoms. The molecule has 0 aliphatic rings. The van der Waals surface area contributed by atoms with Crippen LogP contribution in [0.25, 0.3) is 0 Å². The van der Waals surface area contributed by atoms with Crippen LogP contribution in [0.15, 0.2) is 32.0 Å². The number of benzene rings is 1. The molecule has 0 heterocycles. The van der Waals surface area contributed by atoms with Crippen molar-refractivity contribution >= 4 is 54.3 Å². The van der Waals surface area contributed by atoms with E-state index in [2.05, 4.69) is 36.6 Å². The van der Waals surface area contributed by atoms with Crippen LogP contribution in [0.5, 0.6) is 0 Å². The van der Waals surface area contributed by atoms with Gasteiger partial charge in [-0.15, -0.1) is 12.4 Å². The summed E-state index contributed by atoms with van der Waals surface area (Å²) in [7, 11) is -3.52. The quantitative estimate of drug-likeness (QED) is 0.803. The summed E-state index contributed by atoms with van der Waals surface area (Å²) in [6.45, 7) is 1.97. The molecule has 4 nitrogen and oxygen atoms in total. The zero-order chi connectivity index (χ0) is 12.3. The van der Waals surface area contributed by atoms with Gasteiger partial charge >= 0.3 is 0 Å². The van der Waals surface area contributed by atoms with Crippen molar-refractivity contribution in [1.29, 1.82) is 0 Å². The van der Waals surface area contributed by atoms with E-state index in [1.807, 2.05) is 0 Å². The van der Waals surface area contributed by atoms with Crippen LogP contribution in [-0.2, 0) is 10.0 Å². The van der Waals surface area contributed by atoms with Crippen LogP contribution in [0.4, 0.5) is 0 Å². The third-order valence-electron chi connectivity index (χ3n) is 1.89. The lowest BCUT2D eigenvalue weighted by Crippen LogP contribution is -2.37. The highest BCUT2D eigenvalue weighted by atomic mass is 79.9. The van der Waals surface area contributed by atoms with Crippen molar-refractivity contribution in [1.82, 2.24) is 4.72 Å². The average molecular weight is 409 g/mol. The molecular weight excluding hydrogens is 395 g/mol. The van der Waals surface area contributed by atoms with Crippen molar-refractivity contribution in [2.24, 2.45) is 5.73 Å². The molecule has 0 spiro atoms. The van der Waals surface area contributed by atoms with Gasteiger partial charge in [0.2, 0.25) is 10.0 Å². The van der Waals surface area contributed by atoms with E-state index in [1.54, 1.807) is 19.1 Å². The van der Waals surface area contributed by atoms with Gasteiger partial charge in [0.05, 0.1) is 4.90 Å². The highest BCUT2D eigenvalue weighted by Crippen LogP contribution is 2.25. The largest absolute Gasteiger partial charge is 0.329 e. The van der Waals surface area contributed by atoms with Gasteiger partial charge in [0.15, 0.2) is 0 Å². The molecule has 1 atom stereocenters. The number of nitrogens with two attached hydrogens (primary N) is 1. The summed E-state index contributed by atoms with van der Waals surface area (Å²) >= 11 is 6.48. The first-order valence-corrected chi connectivity index (χ1v) is 7.61. The van der Waals surface area contributed by atoms with Crippen molar-refractivity contribution in [3.63, 3.8) is 0 Å². The summed E-state index contributed by atoms with van der Waals surface area (Å²) in [6.07, 6.45) is 0. The van der Waals surface area contributed by atoms with Gasteiger partial charge in [-0.25, -0.2) is 13.1 Å². The van der Waals surface area contributed by atoms with Gasteiger partial charge in [-0.05, 0) is 41.1 Å². The minimum atomic E-state index is -3.52. The van der Waals surface area contributed by atoms with Gasteiger partial charge in [-0.1, -0.05) is 15.9 Å². The molecule has 0 fully saturated rings. The van der Waals surface area contributed by atoms with E-state index < -0.39 is 10.0 Å². The van der Waals surface area contributed by atoms with Crippen LogP contribution in [0.3, 0.4) is 0 Å². The van der Waals surface area contributed by atoms with Crippen LogP contribution in [0.1, 0.15) is 6.92 Å². The Morgan fingerprint density at radius 2 is 2.00 bits per heavy atom. The molecule has 0 aliphatic carbocycles. The third-order valence-corrected chi connectivity index (χ3v) is 4.95. The number of rotatable bonds is 4. The molecule has 17 heavy (non-hydrogen) atoms. The van der Waals surface area contributed by atoms with Gasteiger partial charge in [0.1, 0.15) is 0 Å². The molecule has 0 saturated carbocycles. The van der Waals surface area contributed by atoms with Crippen molar-refractivity contribution in [2.45, 2.75) is 17.9 Å². The Hall–Kier alpha value is 0.340. The van der Waals surface area contributed by atoms with Gasteiger partial charge in [-0.2, -0.15) is 0 Å². The molecular formula is C9H13Br2ClN2O2S. The Morgan fingerprint density at radius 1 is 1.41 bits per heavy atom. The van der Waals surface area contributed by atoms with Crippen LogP contribution in [0, 0.1) is 0 Å². The normalized spacial score (nSPS) is 12.9. The minimum absolute atomic E-state index is 0. The second-order valence-electron chi connectivity index (χ2n) is 3.33. The highest BCUT2D eigenvalue weighted by Gasteiger charge is 2.19. The van der Waals surface area contributed by atoms with E-state index in [0.29, 0.717) is 4.47 Å². The van der Waals surface area contributed by atoms with E-state index >= 15 is 0 Å². The summed E-state index contributed by atoms with van der Waals surface area (Å²) in [5, 5.41) is 0. The lowest BCUT2D eigenvalue weighted by molar-refractivity contribution is 0.562. The zero-order valence-corrected chi connectivity index (χ0v) is 13.8. The molecule has 0 aromatic heterocycles. The third kappa shape index (κ3) is 4.84. The van der Waals surface area contributed by atoms with Crippen molar-refractivity contribution in [3.05, 3.63) is 27.1 Å². The van der Waals surface area contributed by atoms with Crippen molar-refractivity contribution < 1.29 is 8.42 Å². The van der Waals surface area contributed by atoms with Gasteiger partial charge in [0.25, 0.3) is 0 Å². The maximum atomic E-state index is 11.9. The Labute approximate surface area is 124 Å². The predicted molar refractivity (Wildman–Crippen MR) is 77.9 cm³/mol.